The molecular weight excluding hydrogens is 245 g/mol. The number of hydrogen-bond donors (Lipinski definition) is 1. The summed E-state index contributed by atoms with van der Waals surface area (Å²) in [6.45, 7) is 7.97. The zero-order chi connectivity index (χ0) is 14.6. The molecule has 106 valence electrons. The van der Waals surface area contributed by atoms with Crippen LogP contribution in [0.3, 0.4) is 0 Å². The van der Waals surface area contributed by atoms with Crippen molar-refractivity contribution in [3.8, 4) is 0 Å². The lowest BCUT2D eigenvalue weighted by Gasteiger charge is -2.40. The Bertz CT molecular complexity index is 428. The first kappa shape index (κ1) is 15.6. The Labute approximate surface area is 114 Å². The van der Waals surface area contributed by atoms with Gasteiger partial charge in [-0.25, -0.2) is 4.39 Å². The van der Waals surface area contributed by atoms with Crippen LogP contribution in [0.5, 0.6) is 0 Å². The first-order chi connectivity index (χ1) is 8.84. The van der Waals surface area contributed by atoms with Gasteiger partial charge in [-0.1, -0.05) is 26.0 Å². The van der Waals surface area contributed by atoms with Crippen LogP contribution in [0.25, 0.3) is 0 Å². The Morgan fingerprint density at radius 2 is 1.84 bits per heavy atom. The minimum absolute atomic E-state index is 0.0308. The minimum atomic E-state index is -0.955. The molecule has 0 saturated heterocycles. The van der Waals surface area contributed by atoms with E-state index in [2.05, 4.69) is 0 Å². The van der Waals surface area contributed by atoms with Crippen LogP contribution in [0.2, 0.25) is 0 Å². The molecule has 3 nitrogen and oxygen atoms in total. The molecule has 1 atom stereocenters. The molecule has 0 amide bonds. The minimum Gasteiger partial charge on any atom is -0.480 e. The standard InChI is InChI=1S/C15H22FNO2/c1-5-13(11-7-9-12(16)10-8-11)17(6-2)15(3,4)14(18)19/h7-10,13H,5-6H2,1-4H3,(H,18,19). The summed E-state index contributed by atoms with van der Waals surface area (Å²) in [6.07, 6.45) is 0.774. The zero-order valence-electron chi connectivity index (χ0n) is 12.0. The summed E-state index contributed by atoms with van der Waals surface area (Å²) in [6, 6.07) is 6.25. The summed E-state index contributed by atoms with van der Waals surface area (Å²) in [7, 11) is 0. The summed E-state index contributed by atoms with van der Waals surface area (Å²) in [5.74, 6) is -1.13. The van der Waals surface area contributed by atoms with Crippen molar-refractivity contribution in [2.24, 2.45) is 0 Å². The van der Waals surface area contributed by atoms with Crippen molar-refractivity contribution in [1.29, 1.82) is 0 Å². The van der Waals surface area contributed by atoms with Crippen LogP contribution in [-0.2, 0) is 4.79 Å². The predicted molar refractivity (Wildman–Crippen MR) is 73.5 cm³/mol. The van der Waals surface area contributed by atoms with Gasteiger partial charge in [0, 0.05) is 6.04 Å². The van der Waals surface area contributed by atoms with E-state index in [0.717, 1.165) is 12.0 Å². The summed E-state index contributed by atoms with van der Waals surface area (Å²) >= 11 is 0. The molecule has 1 aromatic carbocycles. The van der Waals surface area contributed by atoms with Crippen LogP contribution >= 0.6 is 0 Å². The lowest BCUT2D eigenvalue weighted by Crippen LogP contribution is -2.51. The molecule has 0 aromatic heterocycles. The highest BCUT2D eigenvalue weighted by Gasteiger charge is 2.37. The van der Waals surface area contributed by atoms with E-state index in [1.165, 1.54) is 12.1 Å². The van der Waals surface area contributed by atoms with E-state index in [-0.39, 0.29) is 11.9 Å². The molecule has 1 aromatic rings. The molecule has 1 unspecified atom stereocenters. The Morgan fingerprint density at radius 3 is 2.21 bits per heavy atom. The fourth-order valence-corrected chi connectivity index (χ4v) is 2.45. The fraction of sp³-hybridized carbons (Fsp3) is 0.533. The normalized spacial score (nSPS) is 13.6. The highest BCUT2D eigenvalue weighted by molar-refractivity contribution is 5.77. The molecule has 0 aliphatic heterocycles. The van der Waals surface area contributed by atoms with E-state index < -0.39 is 11.5 Å². The number of benzene rings is 1. The van der Waals surface area contributed by atoms with Crippen molar-refractivity contribution >= 4 is 5.97 Å². The van der Waals surface area contributed by atoms with E-state index in [9.17, 15) is 14.3 Å². The number of hydrogen-bond acceptors (Lipinski definition) is 2. The summed E-state index contributed by atoms with van der Waals surface area (Å²) in [5, 5.41) is 9.38. The summed E-state index contributed by atoms with van der Waals surface area (Å²) < 4.78 is 13.0. The molecule has 19 heavy (non-hydrogen) atoms. The van der Waals surface area contributed by atoms with Gasteiger partial charge in [0.1, 0.15) is 11.4 Å². The van der Waals surface area contributed by atoms with Crippen molar-refractivity contribution < 1.29 is 14.3 Å². The largest absolute Gasteiger partial charge is 0.480 e. The Balaban J connectivity index is 3.12. The second-order valence-corrected chi connectivity index (χ2v) is 5.13. The number of carbonyl (C=O) groups is 1. The number of nitrogens with zero attached hydrogens (tertiary/aromatic N) is 1. The smallest absolute Gasteiger partial charge is 0.323 e. The molecule has 1 N–H and O–H groups in total. The maximum atomic E-state index is 13.0. The number of carboxylic acid groups (broad SMARTS) is 1. The van der Waals surface area contributed by atoms with Crippen molar-refractivity contribution in [2.45, 2.75) is 45.7 Å². The van der Waals surface area contributed by atoms with Gasteiger partial charge in [0.25, 0.3) is 0 Å². The fourth-order valence-electron chi connectivity index (χ4n) is 2.45. The van der Waals surface area contributed by atoms with Gasteiger partial charge in [-0.15, -0.1) is 0 Å². The lowest BCUT2D eigenvalue weighted by molar-refractivity contribution is -0.151. The van der Waals surface area contributed by atoms with Gasteiger partial charge < -0.3 is 5.11 Å². The van der Waals surface area contributed by atoms with Gasteiger partial charge in [-0.05, 0) is 44.5 Å². The Morgan fingerprint density at radius 1 is 1.32 bits per heavy atom. The van der Waals surface area contributed by atoms with Crippen LogP contribution in [0.4, 0.5) is 4.39 Å². The predicted octanol–water partition coefficient (Wildman–Crippen LogP) is 3.46. The highest BCUT2D eigenvalue weighted by Crippen LogP contribution is 2.31. The molecule has 0 aliphatic rings. The maximum Gasteiger partial charge on any atom is 0.323 e. The molecule has 1 rings (SSSR count). The van der Waals surface area contributed by atoms with Crippen LogP contribution < -0.4 is 0 Å². The second kappa shape index (κ2) is 6.15. The SMILES string of the molecule is CCC(c1ccc(F)cc1)N(CC)C(C)(C)C(=O)O. The molecular formula is C15H22FNO2. The number of carboxylic acids is 1. The number of likely N-dealkylation sites (N-methyl/N-ethyl adjacent to an activating group) is 1. The third-order valence-electron chi connectivity index (χ3n) is 3.60. The van der Waals surface area contributed by atoms with E-state index >= 15 is 0 Å². The van der Waals surface area contributed by atoms with Crippen LogP contribution in [0.1, 0.15) is 45.7 Å². The van der Waals surface area contributed by atoms with Crippen LogP contribution in [0.15, 0.2) is 24.3 Å². The number of aliphatic carboxylic acids is 1. The van der Waals surface area contributed by atoms with Gasteiger partial charge in [0.2, 0.25) is 0 Å². The van der Waals surface area contributed by atoms with Gasteiger partial charge in [-0.3, -0.25) is 9.69 Å². The molecule has 0 heterocycles. The molecule has 0 radical (unpaired) electrons. The number of halogens is 1. The Hall–Kier alpha value is -1.42. The average molecular weight is 267 g/mol. The lowest BCUT2D eigenvalue weighted by atomic mass is 9.95. The zero-order valence-corrected chi connectivity index (χ0v) is 12.0. The summed E-state index contributed by atoms with van der Waals surface area (Å²) in [4.78, 5) is 13.4. The quantitative estimate of drug-likeness (QED) is 0.858. The maximum absolute atomic E-state index is 13.0. The van der Waals surface area contributed by atoms with Gasteiger partial charge >= 0.3 is 5.97 Å². The van der Waals surface area contributed by atoms with Crippen molar-refractivity contribution in [3.63, 3.8) is 0 Å². The van der Waals surface area contributed by atoms with E-state index in [4.69, 9.17) is 0 Å². The summed E-state index contributed by atoms with van der Waals surface area (Å²) in [5.41, 5.74) is -0.0100. The molecule has 0 spiro atoms. The molecule has 0 aliphatic carbocycles. The third-order valence-corrected chi connectivity index (χ3v) is 3.60. The van der Waals surface area contributed by atoms with Crippen LogP contribution in [0, 0.1) is 5.82 Å². The molecule has 0 saturated carbocycles. The first-order valence-corrected chi connectivity index (χ1v) is 6.60. The van der Waals surface area contributed by atoms with E-state index in [1.807, 2.05) is 18.7 Å². The topological polar surface area (TPSA) is 40.5 Å². The Kier molecular flexibility index (Phi) is 5.06. The van der Waals surface area contributed by atoms with E-state index in [1.54, 1.807) is 26.0 Å². The molecule has 4 heteroatoms. The van der Waals surface area contributed by atoms with Crippen molar-refractivity contribution in [1.82, 2.24) is 4.90 Å². The highest BCUT2D eigenvalue weighted by atomic mass is 19.1. The average Bonchev–Trinajstić information content (AvgIpc) is 2.36. The van der Waals surface area contributed by atoms with Gasteiger partial charge in [0.15, 0.2) is 0 Å². The molecule has 0 bridgehead atoms. The van der Waals surface area contributed by atoms with E-state index in [0.29, 0.717) is 6.54 Å². The van der Waals surface area contributed by atoms with Crippen molar-refractivity contribution in [2.75, 3.05) is 6.54 Å². The molecule has 0 fully saturated rings. The number of rotatable bonds is 6. The van der Waals surface area contributed by atoms with Crippen molar-refractivity contribution in [3.05, 3.63) is 35.6 Å². The van der Waals surface area contributed by atoms with Crippen LogP contribution in [-0.4, -0.2) is 28.1 Å². The third kappa shape index (κ3) is 3.32. The van der Waals surface area contributed by atoms with Gasteiger partial charge in [0.05, 0.1) is 0 Å². The monoisotopic (exact) mass is 267 g/mol. The first-order valence-electron chi connectivity index (χ1n) is 6.60. The van der Waals surface area contributed by atoms with Gasteiger partial charge in [-0.2, -0.15) is 0 Å². The second-order valence-electron chi connectivity index (χ2n) is 5.13.